The molecule has 8 nitrogen and oxygen atoms in total. The fraction of sp³-hybridized carbons (Fsp3) is 0.375. The summed E-state index contributed by atoms with van der Waals surface area (Å²) in [5.41, 5.74) is 1.10. The van der Waals surface area contributed by atoms with Crippen LogP contribution in [0, 0.1) is 10.1 Å². The lowest BCUT2D eigenvalue weighted by atomic mass is 9.94. The summed E-state index contributed by atoms with van der Waals surface area (Å²) in [7, 11) is 0. The molecule has 1 heterocycles. The van der Waals surface area contributed by atoms with Gasteiger partial charge in [0.25, 0.3) is 5.69 Å². The Morgan fingerprint density at radius 2 is 2.12 bits per heavy atom. The number of allylic oxidation sites excluding steroid dienone is 1. The first-order valence-electron chi connectivity index (χ1n) is 7.60. The Morgan fingerprint density at radius 3 is 2.71 bits per heavy atom. The number of urea groups is 1. The van der Waals surface area contributed by atoms with E-state index >= 15 is 0 Å². The van der Waals surface area contributed by atoms with Crippen LogP contribution in [0.5, 0.6) is 0 Å². The highest BCUT2D eigenvalue weighted by Crippen LogP contribution is 2.32. The van der Waals surface area contributed by atoms with Gasteiger partial charge in [0, 0.05) is 24.4 Å². The molecule has 0 saturated carbocycles. The molecule has 0 unspecified atom stereocenters. The van der Waals surface area contributed by atoms with E-state index in [1.54, 1.807) is 26.8 Å². The standard InChI is InChI=1S/C16H19N3O5/c1-4-18-10(3)13(15(20)24-5-2)14(17-16(18)21)11-7-6-8-12(9-11)19(22)23/h6-9,14H,4-5H2,1-3H3,(H,17,21)/t14-/m1/s1. The van der Waals surface area contributed by atoms with E-state index in [0.717, 1.165) is 0 Å². The maximum atomic E-state index is 12.4. The molecule has 128 valence electrons. The molecular weight excluding hydrogens is 314 g/mol. The van der Waals surface area contributed by atoms with E-state index in [1.807, 2.05) is 0 Å². The van der Waals surface area contributed by atoms with Gasteiger partial charge in [0.05, 0.1) is 23.1 Å². The second-order valence-corrected chi connectivity index (χ2v) is 5.20. The van der Waals surface area contributed by atoms with Crippen molar-refractivity contribution in [1.82, 2.24) is 10.2 Å². The van der Waals surface area contributed by atoms with E-state index in [1.165, 1.54) is 23.1 Å². The molecule has 24 heavy (non-hydrogen) atoms. The largest absolute Gasteiger partial charge is 0.463 e. The van der Waals surface area contributed by atoms with E-state index in [9.17, 15) is 19.7 Å². The second kappa shape index (κ2) is 7.12. The van der Waals surface area contributed by atoms with Crippen molar-refractivity contribution in [3.05, 3.63) is 51.2 Å². The number of hydrogen-bond donors (Lipinski definition) is 1. The van der Waals surface area contributed by atoms with Crippen LogP contribution in [0.4, 0.5) is 10.5 Å². The highest BCUT2D eigenvalue weighted by molar-refractivity contribution is 5.95. The molecule has 1 aromatic rings. The molecule has 2 amide bonds. The normalized spacial score (nSPS) is 17.5. The van der Waals surface area contributed by atoms with Crippen molar-refractivity contribution in [1.29, 1.82) is 0 Å². The number of hydrogen-bond acceptors (Lipinski definition) is 5. The molecule has 1 atom stereocenters. The average Bonchev–Trinajstić information content (AvgIpc) is 2.54. The van der Waals surface area contributed by atoms with Gasteiger partial charge in [-0.05, 0) is 26.3 Å². The molecule has 0 bridgehead atoms. The zero-order chi connectivity index (χ0) is 17.9. The van der Waals surface area contributed by atoms with E-state index in [-0.39, 0.29) is 23.9 Å². The molecule has 2 rings (SSSR count). The number of amides is 2. The molecule has 0 radical (unpaired) electrons. The lowest BCUT2D eigenvalue weighted by Crippen LogP contribution is -2.47. The fourth-order valence-corrected chi connectivity index (χ4v) is 2.70. The van der Waals surface area contributed by atoms with Gasteiger partial charge in [-0.2, -0.15) is 0 Å². The minimum absolute atomic E-state index is 0.111. The number of nitrogens with zero attached hydrogens (tertiary/aromatic N) is 2. The molecule has 1 aromatic carbocycles. The Kier molecular flexibility index (Phi) is 5.18. The number of carbonyl (C=O) groups is 2. The maximum Gasteiger partial charge on any atom is 0.338 e. The van der Waals surface area contributed by atoms with Crippen molar-refractivity contribution in [2.45, 2.75) is 26.8 Å². The molecule has 1 aliphatic heterocycles. The summed E-state index contributed by atoms with van der Waals surface area (Å²) in [6.07, 6.45) is 0. The van der Waals surface area contributed by atoms with Gasteiger partial charge in [-0.3, -0.25) is 15.0 Å². The minimum Gasteiger partial charge on any atom is -0.463 e. The zero-order valence-electron chi connectivity index (χ0n) is 13.7. The molecular formula is C16H19N3O5. The van der Waals surface area contributed by atoms with E-state index in [4.69, 9.17) is 4.74 Å². The van der Waals surface area contributed by atoms with Gasteiger partial charge in [-0.15, -0.1) is 0 Å². The number of carbonyl (C=O) groups excluding carboxylic acids is 2. The van der Waals surface area contributed by atoms with Crippen LogP contribution < -0.4 is 5.32 Å². The van der Waals surface area contributed by atoms with Gasteiger partial charge in [0.2, 0.25) is 0 Å². The number of esters is 1. The molecule has 8 heteroatoms. The second-order valence-electron chi connectivity index (χ2n) is 5.20. The number of nitro benzene ring substituents is 1. The van der Waals surface area contributed by atoms with Crippen LogP contribution in [-0.2, 0) is 9.53 Å². The third-order valence-electron chi connectivity index (χ3n) is 3.82. The highest BCUT2D eigenvalue weighted by atomic mass is 16.6. The molecule has 0 aromatic heterocycles. The Labute approximate surface area is 139 Å². The maximum absolute atomic E-state index is 12.4. The number of rotatable bonds is 5. The fourth-order valence-electron chi connectivity index (χ4n) is 2.70. The first-order valence-corrected chi connectivity index (χ1v) is 7.60. The van der Waals surface area contributed by atoms with Crippen molar-refractivity contribution < 1.29 is 19.2 Å². The van der Waals surface area contributed by atoms with Crippen LogP contribution in [-0.4, -0.2) is 35.0 Å². The van der Waals surface area contributed by atoms with Gasteiger partial charge in [-0.1, -0.05) is 12.1 Å². The molecule has 0 aliphatic carbocycles. The van der Waals surface area contributed by atoms with Crippen molar-refractivity contribution in [2.75, 3.05) is 13.2 Å². The summed E-state index contributed by atoms with van der Waals surface area (Å²) < 4.78 is 5.10. The van der Waals surface area contributed by atoms with Gasteiger partial charge in [-0.25, -0.2) is 9.59 Å². The van der Waals surface area contributed by atoms with Gasteiger partial charge < -0.3 is 10.1 Å². The van der Waals surface area contributed by atoms with Crippen LogP contribution in [0.1, 0.15) is 32.4 Å². The van der Waals surface area contributed by atoms with Gasteiger partial charge in [0.15, 0.2) is 0 Å². The summed E-state index contributed by atoms with van der Waals surface area (Å²) >= 11 is 0. The summed E-state index contributed by atoms with van der Waals surface area (Å²) in [6, 6.07) is 4.70. The molecule has 0 saturated heterocycles. The SMILES string of the molecule is CCOC(=O)C1=C(C)N(CC)C(=O)N[C@@H]1c1cccc([N+](=O)[O-])c1. The third kappa shape index (κ3) is 3.22. The first-order chi connectivity index (χ1) is 11.4. The molecule has 0 fully saturated rings. The predicted octanol–water partition coefficient (Wildman–Crippen LogP) is 2.52. The summed E-state index contributed by atoms with van der Waals surface area (Å²) in [5.74, 6) is -0.551. The number of non-ortho nitro benzene ring substituents is 1. The Morgan fingerprint density at radius 1 is 1.42 bits per heavy atom. The van der Waals surface area contributed by atoms with E-state index < -0.39 is 16.9 Å². The zero-order valence-corrected chi connectivity index (χ0v) is 13.7. The third-order valence-corrected chi connectivity index (χ3v) is 3.82. The van der Waals surface area contributed by atoms with Crippen LogP contribution in [0.2, 0.25) is 0 Å². The number of ether oxygens (including phenoxy) is 1. The molecule has 1 aliphatic rings. The molecule has 0 spiro atoms. The van der Waals surface area contributed by atoms with Crippen LogP contribution in [0.15, 0.2) is 35.5 Å². The number of nitro groups is 1. The monoisotopic (exact) mass is 333 g/mol. The van der Waals surface area contributed by atoms with Crippen LogP contribution in [0.25, 0.3) is 0 Å². The quantitative estimate of drug-likeness (QED) is 0.507. The number of benzene rings is 1. The van der Waals surface area contributed by atoms with Crippen molar-refractivity contribution in [3.8, 4) is 0 Å². The topological polar surface area (TPSA) is 102 Å². The lowest BCUT2D eigenvalue weighted by molar-refractivity contribution is -0.384. The summed E-state index contributed by atoms with van der Waals surface area (Å²) in [6.45, 7) is 5.73. The predicted molar refractivity (Wildman–Crippen MR) is 86.1 cm³/mol. The minimum atomic E-state index is -0.792. The van der Waals surface area contributed by atoms with Crippen molar-refractivity contribution in [3.63, 3.8) is 0 Å². The van der Waals surface area contributed by atoms with Crippen LogP contribution in [0.3, 0.4) is 0 Å². The summed E-state index contributed by atoms with van der Waals surface area (Å²) in [4.78, 5) is 36.5. The highest BCUT2D eigenvalue weighted by Gasteiger charge is 2.36. The van der Waals surface area contributed by atoms with Crippen LogP contribution >= 0.6 is 0 Å². The first kappa shape index (κ1) is 17.5. The van der Waals surface area contributed by atoms with E-state index in [0.29, 0.717) is 17.8 Å². The van der Waals surface area contributed by atoms with Gasteiger partial charge in [0.1, 0.15) is 0 Å². The van der Waals surface area contributed by atoms with E-state index in [2.05, 4.69) is 5.32 Å². The lowest BCUT2D eigenvalue weighted by Gasteiger charge is -2.34. The average molecular weight is 333 g/mol. The van der Waals surface area contributed by atoms with Crippen molar-refractivity contribution >= 4 is 17.7 Å². The molecule has 1 N–H and O–H groups in total. The Bertz CT molecular complexity index is 713. The smallest absolute Gasteiger partial charge is 0.338 e. The summed E-state index contributed by atoms with van der Waals surface area (Å²) in [5, 5.41) is 13.7. The number of nitrogens with one attached hydrogen (secondary N) is 1. The van der Waals surface area contributed by atoms with Crippen molar-refractivity contribution in [2.24, 2.45) is 0 Å². The van der Waals surface area contributed by atoms with Gasteiger partial charge >= 0.3 is 12.0 Å². The Hall–Kier alpha value is -2.90. The Balaban J connectivity index is 2.55.